The third kappa shape index (κ3) is 1.79. The van der Waals surface area contributed by atoms with E-state index in [0.717, 1.165) is 5.69 Å². The molecule has 0 N–H and O–H groups in total. The van der Waals surface area contributed by atoms with Crippen molar-refractivity contribution in [3.05, 3.63) is 36.4 Å². The van der Waals surface area contributed by atoms with Crippen LogP contribution in [0.1, 0.15) is 0 Å². The molecule has 15 heavy (non-hydrogen) atoms. The quantitative estimate of drug-likeness (QED) is 0.766. The number of hydrogen-bond acceptors (Lipinski definition) is 3. The van der Waals surface area contributed by atoms with Gasteiger partial charge in [-0.15, -0.1) is 5.10 Å². The summed E-state index contributed by atoms with van der Waals surface area (Å²) in [7, 11) is 3.19. The molecule has 4 nitrogen and oxygen atoms in total. The molecule has 0 aliphatic rings. The van der Waals surface area contributed by atoms with Crippen molar-refractivity contribution in [2.75, 3.05) is 14.2 Å². The SMILES string of the molecule is COc1cc(OC)n(-c2ccccc2)n1. The molecule has 0 unspecified atom stereocenters. The van der Waals surface area contributed by atoms with Crippen molar-refractivity contribution >= 4 is 0 Å². The molecule has 0 fully saturated rings. The van der Waals surface area contributed by atoms with E-state index in [4.69, 9.17) is 9.47 Å². The number of aromatic nitrogens is 2. The molecule has 0 saturated heterocycles. The summed E-state index contributed by atoms with van der Waals surface area (Å²) < 4.78 is 11.9. The Morgan fingerprint density at radius 2 is 1.80 bits per heavy atom. The second-order valence-electron chi connectivity index (χ2n) is 2.98. The third-order valence-electron chi connectivity index (χ3n) is 2.07. The molecular formula is C11H12N2O2. The predicted octanol–water partition coefficient (Wildman–Crippen LogP) is 1.89. The van der Waals surface area contributed by atoms with Crippen molar-refractivity contribution in [2.24, 2.45) is 0 Å². The summed E-state index contributed by atoms with van der Waals surface area (Å²) in [5.74, 6) is 1.19. The summed E-state index contributed by atoms with van der Waals surface area (Å²) in [6.07, 6.45) is 0. The molecule has 0 aliphatic heterocycles. The molecule has 4 heteroatoms. The van der Waals surface area contributed by atoms with Crippen LogP contribution >= 0.6 is 0 Å². The summed E-state index contributed by atoms with van der Waals surface area (Å²) in [6, 6.07) is 11.5. The Kier molecular flexibility index (Phi) is 2.58. The molecule has 0 amide bonds. The maximum absolute atomic E-state index is 5.20. The fourth-order valence-corrected chi connectivity index (χ4v) is 1.34. The number of rotatable bonds is 3. The number of nitrogens with zero attached hydrogens (tertiary/aromatic N) is 2. The van der Waals surface area contributed by atoms with Gasteiger partial charge in [0.05, 0.1) is 26.0 Å². The molecule has 0 saturated carbocycles. The van der Waals surface area contributed by atoms with Gasteiger partial charge in [-0.05, 0) is 12.1 Å². The zero-order valence-corrected chi connectivity index (χ0v) is 8.68. The van der Waals surface area contributed by atoms with Crippen molar-refractivity contribution in [2.45, 2.75) is 0 Å². The Bertz CT molecular complexity index is 437. The van der Waals surface area contributed by atoms with Gasteiger partial charge in [-0.2, -0.15) is 4.68 Å². The van der Waals surface area contributed by atoms with Crippen LogP contribution in [0.5, 0.6) is 11.8 Å². The number of ether oxygens (including phenoxy) is 2. The second-order valence-corrected chi connectivity index (χ2v) is 2.98. The summed E-state index contributed by atoms with van der Waals surface area (Å²) in [6.45, 7) is 0. The molecule has 78 valence electrons. The minimum Gasteiger partial charge on any atom is -0.481 e. The van der Waals surface area contributed by atoms with E-state index in [1.807, 2.05) is 30.3 Å². The Balaban J connectivity index is 2.47. The van der Waals surface area contributed by atoms with Gasteiger partial charge >= 0.3 is 0 Å². The molecule has 2 rings (SSSR count). The van der Waals surface area contributed by atoms with Gasteiger partial charge in [0.25, 0.3) is 0 Å². The Morgan fingerprint density at radius 3 is 2.40 bits per heavy atom. The van der Waals surface area contributed by atoms with Gasteiger partial charge < -0.3 is 9.47 Å². The van der Waals surface area contributed by atoms with Crippen LogP contribution in [0.3, 0.4) is 0 Å². The van der Waals surface area contributed by atoms with E-state index in [9.17, 15) is 0 Å². The number of benzene rings is 1. The first kappa shape index (κ1) is 9.58. The highest BCUT2D eigenvalue weighted by atomic mass is 16.5. The summed E-state index contributed by atoms with van der Waals surface area (Å²) in [4.78, 5) is 0. The summed E-state index contributed by atoms with van der Waals surface area (Å²) >= 11 is 0. The van der Waals surface area contributed by atoms with E-state index in [2.05, 4.69) is 5.10 Å². The van der Waals surface area contributed by atoms with Crippen LogP contribution in [0.4, 0.5) is 0 Å². The van der Waals surface area contributed by atoms with E-state index >= 15 is 0 Å². The molecular weight excluding hydrogens is 192 g/mol. The molecule has 1 aromatic carbocycles. The monoisotopic (exact) mass is 204 g/mol. The third-order valence-corrected chi connectivity index (χ3v) is 2.07. The van der Waals surface area contributed by atoms with Crippen molar-refractivity contribution in [3.8, 4) is 17.4 Å². The minimum absolute atomic E-state index is 0.538. The lowest BCUT2D eigenvalue weighted by molar-refractivity contribution is 0.382. The number of methoxy groups -OCH3 is 2. The fraction of sp³-hybridized carbons (Fsp3) is 0.182. The Hall–Kier alpha value is -1.97. The second kappa shape index (κ2) is 4.04. The topological polar surface area (TPSA) is 36.3 Å². The summed E-state index contributed by atoms with van der Waals surface area (Å²) in [5, 5.41) is 4.24. The van der Waals surface area contributed by atoms with E-state index < -0.39 is 0 Å². The lowest BCUT2D eigenvalue weighted by Gasteiger charge is -2.04. The van der Waals surface area contributed by atoms with Crippen molar-refractivity contribution in [1.82, 2.24) is 9.78 Å². The fourth-order valence-electron chi connectivity index (χ4n) is 1.34. The highest BCUT2D eigenvalue weighted by molar-refractivity contribution is 5.36. The van der Waals surface area contributed by atoms with Gasteiger partial charge in [-0.1, -0.05) is 18.2 Å². The van der Waals surface area contributed by atoms with Crippen LogP contribution in [0.15, 0.2) is 36.4 Å². The van der Waals surface area contributed by atoms with Crippen LogP contribution < -0.4 is 9.47 Å². The van der Waals surface area contributed by atoms with Gasteiger partial charge in [0, 0.05) is 0 Å². The smallest absolute Gasteiger partial charge is 0.236 e. The molecule has 2 aromatic rings. The molecule has 0 atom stereocenters. The van der Waals surface area contributed by atoms with E-state index in [0.29, 0.717) is 11.8 Å². The van der Waals surface area contributed by atoms with Gasteiger partial charge in [0.15, 0.2) is 0 Å². The lowest BCUT2D eigenvalue weighted by Crippen LogP contribution is -1.99. The zero-order valence-electron chi connectivity index (χ0n) is 8.68. The molecule has 1 heterocycles. The lowest BCUT2D eigenvalue weighted by atomic mass is 10.3. The first-order valence-corrected chi connectivity index (χ1v) is 4.58. The van der Waals surface area contributed by atoms with Crippen LogP contribution in [0.2, 0.25) is 0 Å². The van der Waals surface area contributed by atoms with Crippen LogP contribution in [0, 0.1) is 0 Å². The summed E-state index contributed by atoms with van der Waals surface area (Å²) in [5.41, 5.74) is 0.942. The number of para-hydroxylation sites is 1. The Morgan fingerprint density at radius 1 is 1.07 bits per heavy atom. The maximum Gasteiger partial charge on any atom is 0.236 e. The molecule has 0 aliphatic carbocycles. The van der Waals surface area contributed by atoms with Gasteiger partial charge in [0.1, 0.15) is 0 Å². The molecule has 0 spiro atoms. The van der Waals surface area contributed by atoms with Crippen molar-refractivity contribution < 1.29 is 9.47 Å². The van der Waals surface area contributed by atoms with Crippen molar-refractivity contribution in [3.63, 3.8) is 0 Å². The molecule has 0 radical (unpaired) electrons. The zero-order chi connectivity index (χ0) is 10.7. The standard InChI is InChI=1S/C11H12N2O2/c1-14-10-8-11(15-2)13(12-10)9-6-4-3-5-7-9/h3-8H,1-2H3. The van der Waals surface area contributed by atoms with Crippen LogP contribution in [-0.2, 0) is 0 Å². The molecule has 1 aromatic heterocycles. The first-order valence-electron chi connectivity index (χ1n) is 4.58. The Labute approximate surface area is 88.1 Å². The van der Waals surface area contributed by atoms with Gasteiger partial charge in [0.2, 0.25) is 11.8 Å². The minimum atomic E-state index is 0.538. The predicted molar refractivity (Wildman–Crippen MR) is 56.7 cm³/mol. The average Bonchev–Trinajstić information content (AvgIpc) is 2.73. The largest absolute Gasteiger partial charge is 0.481 e. The average molecular weight is 204 g/mol. The van der Waals surface area contributed by atoms with E-state index in [1.165, 1.54) is 0 Å². The highest BCUT2D eigenvalue weighted by Gasteiger charge is 2.09. The van der Waals surface area contributed by atoms with Crippen LogP contribution in [-0.4, -0.2) is 24.0 Å². The first-order chi connectivity index (χ1) is 7.35. The number of hydrogen-bond donors (Lipinski definition) is 0. The van der Waals surface area contributed by atoms with E-state index in [-0.39, 0.29) is 0 Å². The maximum atomic E-state index is 5.20. The molecule has 0 bridgehead atoms. The van der Waals surface area contributed by atoms with Crippen molar-refractivity contribution in [1.29, 1.82) is 0 Å². The van der Waals surface area contributed by atoms with Gasteiger partial charge in [-0.25, -0.2) is 0 Å². The van der Waals surface area contributed by atoms with E-state index in [1.54, 1.807) is 25.0 Å². The van der Waals surface area contributed by atoms with Gasteiger partial charge in [-0.3, -0.25) is 0 Å². The normalized spacial score (nSPS) is 10.0. The highest BCUT2D eigenvalue weighted by Crippen LogP contribution is 2.22. The van der Waals surface area contributed by atoms with Crippen LogP contribution in [0.25, 0.3) is 5.69 Å².